The topological polar surface area (TPSA) is 14.7 Å². The van der Waals surface area contributed by atoms with Crippen LogP contribution in [0.15, 0.2) is 182 Å². The fourth-order valence-electron chi connectivity index (χ4n) is 10.1. The van der Waals surface area contributed by atoms with Crippen molar-refractivity contribution >= 4 is 74.4 Å². The Bertz CT molecular complexity index is 2810. The van der Waals surface area contributed by atoms with Gasteiger partial charge in [0.1, 0.15) is 5.82 Å². The number of para-hydroxylation sites is 4. The van der Waals surface area contributed by atoms with E-state index in [-0.39, 0.29) is 12.1 Å². The summed E-state index contributed by atoms with van der Waals surface area (Å²) in [5.74, 6) is 1.27. The quantitative estimate of drug-likeness (QED) is 0.157. The number of rotatable bonds is 6. The number of fused-ring (bicyclic) bond motifs is 6. The van der Waals surface area contributed by atoms with Crippen molar-refractivity contribution in [3.05, 3.63) is 199 Å². The SMILES string of the molecule is CC(C)(C)c1ccc(N(c2ccccc2)c2ccc3c(c2)N(c2ccccc2)c2cccc4c2B3c2c3c(n(-c5ccccc5)c2N4c2ccccc2)CCCC3)cc1. The molecule has 0 radical (unpaired) electrons. The highest BCUT2D eigenvalue weighted by Crippen LogP contribution is 2.48. The third-order valence-corrected chi connectivity index (χ3v) is 12.7. The van der Waals surface area contributed by atoms with E-state index in [1.54, 1.807) is 0 Å². The van der Waals surface area contributed by atoms with Gasteiger partial charge in [-0.2, -0.15) is 0 Å². The first-order valence-corrected chi connectivity index (χ1v) is 21.2. The van der Waals surface area contributed by atoms with Crippen LogP contribution in [0.5, 0.6) is 0 Å². The van der Waals surface area contributed by atoms with E-state index in [0.29, 0.717) is 0 Å². The first-order valence-electron chi connectivity index (χ1n) is 21.2. The smallest absolute Gasteiger partial charge is 0.254 e. The van der Waals surface area contributed by atoms with Crippen LogP contribution in [-0.4, -0.2) is 11.3 Å². The summed E-state index contributed by atoms with van der Waals surface area (Å²) in [5.41, 5.74) is 19.2. The van der Waals surface area contributed by atoms with E-state index < -0.39 is 0 Å². The molecule has 2 aliphatic heterocycles. The summed E-state index contributed by atoms with van der Waals surface area (Å²) in [7, 11) is 0. The average molecular weight is 763 g/mol. The standard InChI is InChI=1S/C54H47BN4/c1-54(2,3)38-31-33-43(34-32-38)56(39-19-8-4-9-20-39)44-35-36-46-50(37-44)57(40-21-10-5-11-22-40)48-29-18-30-49-52(48)55(46)51-45-27-16-17-28-47(45)58(41-23-12-6-13-24-41)53(51)59(49)42-25-14-7-15-26-42/h4-15,18-26,29-37H,16-17,27-28H2,1-3H3. The minimum absolute atomic E-state index is 0.0493. The molecule has 11 rings (SSSR count). The van der Waals surface area contributed by atoms with Gasteiger partial charge < -0.3 is 14.4 Å². The molecule has 0 saturated carbocycles. The Balaban J connectivity index is 1.20. The molecule has 0 unspecified atom stereocenters. The van der Waals surface area contributed by atoms with Gasteiger partial charge in [-0.25, -0.2) is 0 Å². The van der Waals surface area contributed by atoms with Gasteiger partial charge in [0, 0.05) is 56.9 Å². The van der Waals surface area contributed by atoms with Gasteiger partial charge in [0.15, 0.2) is 0 Å². The molecule has 0 fully saturated rings. The lowest BCUT2D eigenvalue weighted by atomic mass is 9.33. The molecule has 0 amide bonds. The lowest BCUT2D eigenvalue weighted by Crippen LogP contribution is -2.62. The van der Waals surface area contributed by atoms with Crippen molar-refractivity contribution in [3.8, 4) is 5.69 Å². The van der Waals surface area contributed by atoms with Crippen LogP contribution in [0, 0.1) is 0 Å². The summed E-state index contributed by atoms with van der Waals surface area (Å²) in [6.45, 7) is 6.89. The molecule has 5 heteroatoms. The molecule has 3 aliphatic rings. The minimum Gasteiger partial charge on any atom is -0.311 e. The van der Waals surface area contributed by atoms with E-state index in [1.165, 1.54) is 80.3 Å². The van der Waals surface area contributed by atoms with Crippen molar-refractivity contribution < 1.29 is 0 Å². The van der Waals surface area contributed by atoms with Gasteiger partial charge in [-0.3, -0.25) is 4.90 Å². The Morgan fingerprint density at radius 2 is 1.02 bits per heavy atom. The number of anilines is 9. The minimum atomic E-state index is 0.0493. The predicted molar refractivity (Wildman–Crippen MR) is 250 cm³/mol. The van der Waals surface area contributed by atoms with Gasteiger partial charge in [-0.15, -0.1) is 0 Å². The Hall–Kier alpha value is -6.72. The van der Waals surface area contributed by atoms with Gasteiger partial charge in [0.2, 0.25) is 0 Å². The molecule has 1 aliphatic carbocycles. The summed E-state index contributed by atoms with van der Waals surface area (Å²) >= 11 is 0. The summed E-state index contributed by atoms with van der Waals surface area (Å²) in [6.07, 6.45) is 4.55. The van der Waals surface area contributed by atoms with Crippen molar-refractivity contribution in [3.63, 3.8) is 0 Å². The lowest BCUT2D eigenvalue weighted by Gasteiger charge is -2.44. The van der Waals surface area contributed by atoms with Gasteiger partial charge in [0.05, 0.1) is 0 Å². The van der Waals surface area contributed by atoms with Crippen LogP contribution in [0.25, 0.3) is 5.69 Å². The fourth-order valence-corrected chi connectivity index (χ4v) is 10.1. The van der Waals surface area contributed by atoms with Crippen LogP contribution in [-0.2, 0) is 18.3 Å². The molecule has 0 N–H and O–H groups in total. The Morgan fingerprint density at radius 1 is 0.475 bits per heavy atom. The molecule has 0 bridgehead atoms. The third-order valence-electron chi connectivity index (χ3n) is 12.7. The highest BCUT2D eigenvalue weighted by atomic mass is 15.3. The molecule has 0 spiro atoms. The van der Waals surface area contributed by atoms with E-state index in [1.807, 2.05) is 0 Å². The van der Waals surface area contributed by atoms with Crippen LogP contribution in [0.1, 0.15) is 50.4 Å². The number of hydrogen-bond acceptors (Lipinski definition) is 3. The molecule has 0 atom stereocenters. The van der Waals surface area contributed by atoms with Gasteiger partial charge in [0.25, 0.3) is 6.71 Å². The van der Waals surface area contributed by atoms with Crippen molar-refractivity contribution in [1.29, 1.82) is 0 Å². The zero-order valence-corrected chi connectivity index (χ0v) is 34.0. The predicted octanol–water partition coefficient (Wildman–Crippen LogP) is 12.2. The Kier molecular flexibility index (Phi) is 8.40. The highest BCUT2D eigenvalue weighted by Gasteiger charge is 2.47. The van der Waals surface area contributed by atoms with Gasteiger partial charge in [-0.1, -0.05) is 118 Å². The number of nitrogens with zero attached hydrogens (tertiary/aromatic N) is 4. The Labute approximate surface area is 348 Å². The van der Waals surface area contributed by atoms with Crippen LogP contribution in [0.2, 0.25) is 0 Å². The lowest BCUT2D eigenvalue weighted by molar-refractivity contribution is 0.590. The second kappa shape index (κ2) is 14.0. The van der Waals surface area contributed by atoms with Gasteiger partial charge >= 0.3 is 0 Å². The van der Waals surface area contributed by atoms with Crippen molar-refractivity contribution in [2.24, 2.45) is 0 Å². The summed E-state index contributed by atoms with van der Waals surface area (Å²) in [5, 5.41) is 0. The molecule has 3 heterocycles. The molecule has 8 aromatic rings. The summed E-state index contributed by atoms with van der Waals surface area (Å²) in [6, 6.07) is 67.3. The Morgan fingerprint density at radius 3 is 1.66 bits per heavy atom. The van der Waals surface area contributed by atoms with Crippen LogP contribution >= 0.6 is 0 Å². The number of hydrogen-bond donors (Lipinski definition) is 0. The van der Waals surface area contributed by atoms with Gasteiger partial charge in [-0.05, 0) is 144 Å². The monoisotopic (exact) mass is 762 g/mol. The average Bonchev–Trinajstić information content (AvgIpc) is 3.62. The van der Waals surface area contributed by atoms with Crippen molar-refractivity contribution in [1.82, 2.24) is 4.57 Å². The molecular formula is C54H47BN4. The molecule has 59 heavy (non-hydrogen) atoms. The molecule has 4 nitrogen and oxygen atoms in total. The molecule has 7 aromatic carbocycles. The van der Waals surface area contributed by atoms with E-state index >= 15 is 0 Å². The van der Waals surface area contributed by atoms with Crippen LogP contribution in [0.3, 0.4) is 0 Å². The fraction of sp³-hybridized carbons (Fsp3) is 0.148. The maximum absolute atomic E-state index is 2.61. The molecule has 286 valence electrons. The summed E-state index contributed by atoms with van der Waals surface area (Å²) in [4.78, 5) is 7.50. The second-order valence-electron chi connectivity index (χ2n) is 17.2. The maximum atomic E-state index is 2.61. The first kappa shape index (κ1) is 35.4. The largest absolute Gasteiger partial charge is 0.311 e. The second-order valence-corrected chi connectivity index (χ2v) is 17.2. The zero-order valence-electron chi connectivity index (χ0n) is 34.0. The highest BCUT2D eigenvalue weighted by molar-refractivity contribution is 7.00. The maximum Gasteiger partial charge on any atom is 0.254 e. The normalized spacial score (nSPS) is 14.0. The first-order chi connectivity index (χ1) is 29.0. The van der Waals surface area contributed by atoms with Crippen LogP contribution in [0.4, 0.5) is 51.3 Å². The van der Waals surface area contributed by atoms with E-state index in [4.69, 9.17) is 0 Å². The molecule has 1 aromatic heterocycles. The van der Waals surface area contributed by atoms with Crippen LogP contribution < -0.4 is 31.1 Å². The van der Waals surface area contributed by atoms with Crippen molar-refractivity contribution in [2.75, 3.05) is 14.7 Å². The number of aromatic nitrogens is 1. The van der Waals surface area contributed by atoms with Crippen molar-refractivity contribution in [2.45, 2.75) is 51.9 Å². The molecule has 0 saturated heterocycles. The third kappa shape index (κ3) is 5.74. The molecular weight excluding hydrogens is 715 g/mol. The van der Waals surface area contributed by atoms with E-state index in [0.717, 1.165) is 35.6 Å². The van der Waals surface area contributed by atoms with E-state index in [2.05, 4.69) is 222 Å². The number of benzene rings is 7. The summed E-state index contributed by atoms with van der Waals surface area (Å²) < 4.78 is 2.61. The van der Waals surface area contributed by atoms with E-state index in [9.17, 15) is 0 Å². The zero-order chi connectivity index (χ0) is 39.7.